The summed E-state index contributed by atoms with van der Waals surface area (Å²) < 4.78 is 11.4. The van der Waals surface area contributed by atoms with Gasteiger partial charge in [-0.3, -0.25) is 4.79 Å². The fourth-order valence-electron chi connectivity index (χ4n) is 2.54. The van der Waals surface area contributed by atoms with E-state index in [1.807, 2.05) is 23.6 Å². The molecule has 3 rings (SSSR count). The Morgan fingerprint density at radius 2 is 2.39 bits per heavy atom. The minimum absolute atomic E-state index is 0.0410. The quantitative estimate of drug-likeness (QED) is 0.882. The SMILES string of the molecule is O=C(CCc1ccsc1)N[C@@H]1CCOC[C@H]1Oc1ccccn1. The molecule has 0 unspecified atom stereocenters. The summed E-state index contributed by atoms with van der Waals surface area (Å²) in [5.41, 5.74) is 1.21. The minimum Gasteiger partial charge on any atom is -0.470 e. The van der Waals surface area contributed by atoms with Gasteiger partial charge in [0.25, 0.3) is 0 Å². The number of nitrogens with zero attached hydrogens (tertiary/aromatic N) is 1. The highest BCUT2D eigenvalue weighted by molar-refractivity contribution is 7.07. The number of aromatic nitrogens is 1. The third kappa shape index (κ3) is 4.77. The maximum Gasteiger partial charge on any atom is 0.220 e. The molecule has 2 aromatic rings. The minimum atomic E-state index is -0.205. The average molecular weight is 332 g/mol. The summed E-state index contributed by atoms with van der Waals surface area (Å²) in [6, 6.07) is 7.54. The van der Waals surface area contributed by atoms with E-state index in [4.69, 9.17) is 9.47 Å². The molecule has 1 N–H and O–H groups in total. The van der Waals surface area contributed by atoms with E-state index in [1.165, 1.54) is 5.56 Å². The molecule has 23 heavy (non-hydrogen) atoms. The second kappa shape index (κ2) is 8.08. The fraction of sp³-hybridized carbons (Fsp3) is 0.412. The molecule has 3 heterocycles. The second-order valence-corrected chi connectivity index (χ2v) is 6.27. The highest BCUT2D eigenvalue weighted by atomic mass is 32.1. The highest BCUT2D eigenvalue weighted by Crippen LogP contribution is 2.16. The van der Waals surface area contributed by atoms with E-state index >= 15 is 0 Å². The summed E-state index contributed by atoms with van der Waals surface area (Å²) in [4.78, 5) is 16.4. The largest absolute Gasteiger partial charge is 0.470 e. The first-order valence-corrected chi connectivity index (χ1v) is 8.71. The Hall–Kier alpha value is -1.92. The molecule has 0 radical (unpaired) electrons. The number of carbonyl (C=O) groups is 1. The van der Waals surface area contributed by atoms with Crippen LogP contribution in [-0.2, 0) is 16.0 Å². The normalized spacial score (nSPS) is 20.9. The lowest BCUT2D eigenvalue weighted by molar-refractivity contribution is -0.124. The molecule has 2 aromatic heterocycles. The van der Waals surface area contributed by atoms with Crippen molar-refractivity contribution in [2.75, 3.05) is 13.2 Å². The fourth-order valence-corrected chi connectivity index (χ4v) is 3.24. The summed E-state index contributed by atoms with van der Waals surface area (Å²) >= 11 is 1.65. The third-order valence-corrected chi connectivity index (χ3v) is 4.51. The van der Waals surface area contributed by atoms with E-state index in [-0.39, 0.29) is 18.1 Å². The molecule has 1 saturated heterocycles. The van der Waals surface area contributed by atoms with Crippen molar-refractivity contribution in [2.45, 2.75) is 31.4 Å². The first kappa shape index (κ1) is 16.0. The van der Waals surface area contributed by atoms with Crippen LogP contribution in [0.2, 0.25) is 0 Å². The molecule has 122 valence electrons. The van der Waals surface area contributed by atoms with Crippen LogP contribution in [0.15, 0.2) is 41.2 Å². The smallest absolute Gasteiger partial charge is 0.220 e. The number of amides is 1. The van der Waals surface area contributed by atoms with E-state index < -0.39 is 0 Å². The molecular formula is C17H20N2O3S. The Kier molecular flexibility index (Phi) is 5.60. The van der Waals surface area contributed by atoms with Gasteiger partial charge in [-0.25, -0.2) is 4.98 Å². The molecule has 0 spiro atoms. The van der Waals surface area contributed by atoms with Gasteiger partial charge in [0, 0.05) is 25.3 Å². The standard InChI is InChI=1S/C17H20N2O3S/c20-16(5-4-13-7-10-23-12-13)19-14-6-9-21-11-15(14)22-17-3-1-2-8-18-17/h1-3,7-8,10,12,14-15H,4-6,9,11H2,(H,19,20)/t14-,15-/m1/s1. The molecule has 1 fully saturated rings. The van der Waals surface area contributed by atoms with Crippen molar-refractivity contribution in [3.05, 3.63) is 46.8 Å². The number of rotatable bonds is 6. The molecule has 0 aliphatic carbocycles. The lowest BCUT2D eigenvalue weighted by atomic mass is 10.1. The lowest BCUT2D eigenvalue weighted by Crippen LogP contribution is -2.51. The molecule has 1 aliphatic rings. The maximum atomic E-state index is 12.2. The molecule has 0 saturated carbocycles. The van der Waals surface area contributed by atoms with Crippen LogP contribution in [0.3, 0.4) is 0 Å². The topological polar surface area (TPSA) is 60.5 Å². The molecule has 1 amide bonds. The van der Waals surface area contributed by atoms with Crippen molar-refractivity contribution in [3.8, 4) is 5.88 Å². The van der Waals surface area contributed by atoms with Crippen molar-refractivity contribution in [3.63, 3.8) is 0 Å². The van der Waals surface area contributed by atoms with E-state index in [9.17, 15) is 4.79 Å². The van der Waals surface area contributed by atoms with Crippen LogP contribution in [0.5, 0.6) is 5.88 Å². The van der Waals surface area contributed by atoms with Crippen molar-refractivity contribution in [1.82, 2.24) is 10.3 Å². The van der Waals surface area contributed by atoms with Crippen molar-refractivity contribution >= 4 is 17.2 Å². The number of carbonyl (C=O) groups excluding carboxylic acids is 1. The van der Waals surface area contributed by atoms with Crippen molar-refractivity contribution in [1.29, 1.82) is 0 Å². The molecule has 2 atom stereocenters. The summed E-state index contributed by atoms with van der Waals surface area (Å²) in [5, 5.41) is 7.19. The van der Waals surface area contributed by atoms with Gasteiger partial charge in [-0.05, 0) is 41.3 Å². The Balaban J connectivity index is 1.52. The number of pyridine rings is 1. The zero-order chi connectivity index (χ0) is 15.9. The number of nitrogens with one attached hydrogen (secondary N) is 1. The zero-order valence-electron chi connectivity index (χ0n) is 12.8. The van der Waals surface area contributed by atoms with E-state index in [0.29, 0.717) is 25.5 Å². The Morgan fingerprint density at radius 3 is 3.17 bits per heavy atom. The Morgan fingerprint density at radius 1 is 1.43 bits per heavy atom. The molecule has 5 nitrogen and oxygen atoms in total. The Bertz CT molecular complexity index is 604. The molecule has 0 bridgehead atoms. The van der Waals surface area contributed by atoms with Crippen molar-refractivity contribution in [2.24, 2.45) is 0 Å². The zero-order valence-corrected chi connectivity index (χ0v) is 13.6. The summed E-state index contributed by atoms with van der Waals surface area (Å²) in [7, 11) is 0. The molecule has 6 heteroatoms. The van der Waals surface area contributed by atoms with Gasteiger partial charge in [-0.2, -0.15) is 11.3 Å². The van der Waals surface area contributed by atoms with E-state index in [1.54, 1.807) is 17.5 Å². The van der Waals surface area contributed by atoms with Gasteiger partial charge in [0.1, 0.15) is 6.10 Å². The maximum absolute atomic E-state index is 12.2. The predicted molar refractivity (Wildman–Crippen MR) is 88.7 cm³/mol. The average Bonchev–Trinajstić information content (AvgIpc) is 3.09. The van der Waals surface area contributed by atoms with Gasteiger partial charge in [-0.1, -0.05) is 6.07 Å². The number of hydrogen-bond donors (Lipinski definition) is 1. The third-order valence-electron chi connectivity index (χ3n) is 3.78. The van der Waals surface area contributed by atoms with Crippen LogP contribution in [0.4, 0.5) is 0 Å². The van der Waals surface area contributed by atoms with Gasteiger partial charge in [-0.15, -0.1) is 0 Å². The summed E-state index contributed by atoms with van der Waals surface area (Å²) in [6.45, 7) is 1.10. The van der Waals surface area contributed by atoms with Crippen LogP contribution >= 0.6 is 11.3 Å². The van der Waals surface area contributed by atoms with Gasteiger partial charge >= 0.3 is 0 Å². The van der Waals surface area contributed by atoms with Gasteiger partial charge in [0.15, 0.2) is 0 Å². The van der Waals surface area contributed by atoms with Gasteiger partial charge in [0.2, 0.25) is 11.8 Å². The first-order valence-electron chi connectivity index (χ1n) is 7.77. The van der Waals surface area contributed by atoms with Gasteiger partial charge < -0.3 is 14.8 Å². The number of aryl methyl sites for hydroxylation is 1. The van der Waals surface area contributed by atoms with Crippen LogP contribution in [0.25, 0.3) is 0 Å². The molecule has 0 aromatic carbocycles. The lowest BCUT2D eigenvalue weighted by Gasteiger charge is -2.32. The summed E-state index contributed by atoms with van der Waals surface area (Å²) in [5.74, 6) is 0.609. The number of hydrogen-bond acceptors (Lipinski definition) is 5. The monoisotopic (exact) mass is 332 g/mol. The summed E-state index contributed by atoms with van der Waals surface area (Å²) in [6.07, 6.45) is 3.49. The van der Waals surface area contributed by atoms with Crippen LogP contribution in [0.1, 0.15) is 18.4 Å². The second-order valence-electron chi connectivity index (χ2n) is 5.49. The Labute approximate surface area is 139 Å². The highest BCUT2D eigenvalue weighted by Gasteiger charge is 2.29. The first-order chi connectivity index (χ1) is 11.3. The molecule has 1 aliphatic heterocycles. The number of ether oxygens (including phenoxy) is 2. The van der Waals surface area contributed by atoms with Crippen LogP contribution in [-0.4, -0.2) is 36.3 Å². The number of thiophene rings is 1. The van der Waals surface area contributed by atoms with Crippen molar-refractivity contribution < 1.29 is 14.3 Å². The van der Waals surface area contributed by atoms with E-state index in [0.717, 1.165) is 12.8 Å². The van der Waals surface area contributed by atoms with Crippen LogP contribution < -0.4 is 10.1 Å². The van der Waals surface area contributed by atoms with Crippen LogP contribution in [0, 0.1) is 0 Å². The molecular weight excluding hydrogens is 312 g/mol. The van der Waals surface area contributed by atoms with E-state index in [2.05, 4.69) is 21.7 Å². The van der Waals surface area contributed by atoms with Gasteiger partial charge in [0.05, 0.1) is 12.6 Å². The predicted octanol–water partition coefficient (Wildman–Crippen LogP) is 2.43.